The topological polar surface area (TPSA) is 91.7 Å². The van der Waals surface area contributed by atoms with Gasteiger partial charge in [0.15, 0.2) is 6.61 Å². The van der Waals surface area contributed by atoms with E-state index in [1.165, 1.54) is 0 Å². The number of terminal acetylenes is 1. The van der Waals surface area contributed by atoms with Crippen LogP contribution in [0.4, 0.5) is 4.79 Å². The van der Waals surface area contributed by atoms with Gasteiger partial charge in [0, 0.05) is 12.6 Å². The number of hydrogen-bond donors (Lipinski definition) is 1. The molecule has 160 valence electrons. The number of ether oxygens (including phenoxy) is 3. The fraction of sp³-hybridized carbons (Fsp3) is 0.409. The number of aromatic nitrogens is 2. The molecule has 2 rings (SSSR count). The van der Waals surface area contributed by atoms with Gasteiger partial charge in [0.1, 0.15) is 18.4 Å². The summed E-state index contributed by atoms with van der Waals surface area (Å²) in [6.07, 6.45) is 7.86. The number of benzene rings is 1. The molecule has 0 bridgehead atoms. The lowest BCUT2D eigenvalue weighted by molar-refractivity contribution is -0.144. The van der Waals surface area contributed by atoms with Crippen LogP contribution in [-0.2, 0) is 38.8 Å². The molecule has 0 spiro atoms. The maximum absolute atomic E-state index is 12.3. The molecular weight excluding hydrogens is 386 g/mol. The van der Waals surface area contributed by atoms with E-state index in [9.17, 15) is 9.59 Å². The quantitative estimate of drug-likeness (QED) is 0.502. The second-order valence-corrected chi connectivity index (χ2v) is 7.56. The van der Waals surface area contributed by atoms with E-state index >= 15 is 0 Å². The number of nitrogens with zero attached hydrogens (tertiary/aromatic N) is 2. The molecule has 1 N–H and O–H groups in total. The predicted octanol–water partition coefficient (Wildman–Crippen LogP) is 2.67. The maximum atomic E-state index is 12.3. The Morgan fingerprint density at radius 1 is 1.27 bits per heavy atom. The van der Waals surface area contributed by atoms with Crippen LogP contribution in [0, 0.1) is 12.3 Å². The van der Waals surface area contributed by atoms with E-state index in [1.807, 2.05) is 30.3 Å². The maximum Gasteiger partial charge on any atom is 0.408 e. The van der Waals surface area contributed by atoms with Gasteiger partial charge < -0.3 is 24.1 Å². The van der Waals surface area contributed by atoms with Crippen molar-refractivity contribution >= 4 is 12.1 Å². The normalized spacial score (nSPS) is 11.9. The van der Waals surface area contributed by atoms with Crippen LogP contribution in [0.5, 0.6) is 0 Å². The molecule has 0 aliphatic heterocycles. The highest BCUT2D eigenvalue weighted by Crippen LogP contribution is 2.09. The Labute approximate surface area is 176 Å². The molecule has 2 aromatic rings. The predicted molar refractivity (Wildman–Crippen MR) is 110 cm³/mol. The summed E-state index contributed by atoms with van der Waals surface area (Å²) < 4.78 is 17.6. The molecule has 0 fully saturated rings. The SMILES string of the molecule is C#CCOC(=O)[C@H](Cc1cn(COCc2ccccc2)cn1)NC(=O)OC(C)(C)C. The van der Waals surface area contributed by atoms with Gasteiger partial charge in [0.25, 0.3) is 0 Å². The molecule has 1 aromatic carbocycles. The highest BCUT2D eigenvalue weighted by Gasteiger charge is 2.26. The van der Waals surface area contributed by atoms with E-state index in [0.717, 1.165) is 5.56 Å². The smallest absolute Gasteiger partial charge is 0.408 e. The fourth-order valence-corrected chi connectivity index (χ4v) is 2.49. The lowest BCUT2D eigenvalue weighted by Gasteiger charge is -2.22. The van der Waals surface area contributed by atoms with Gasteiger partial charge in [-0.15, -0.1) is 6.42 Å². The van der Waals surface area contributed by atoms with Crippen molar-refractivity contribution in [3.8, 4) is 12.3 Å². The molecule has 30 heavy (non-hydrogen) atoms. The van der Waals surface area contributed by atoms with E-state index in [1.54, 1.807) is 37.9 Å². The van der Waals surface area contributed by atoms with E-state index in [4.69, 9.17) is 20.6 Å². The summed E-state index contributed by atoms with van der Waals surface area (Å²) in [4.78, 5) is 28.7. The molecule has 0 aliphatic rings. The van der Waals surface area contributed by atoms with Crippen LogP contribution in [0.2, 0.25) is 0 Å². The Morgan fingerprint density at radius 2 is 2.00 bits per heavy atom. The molecule has 0 radical (unpaired) electrons. The minimum atomic E-state index is -0.984. The molecule has 0 saturated carbocycles. The first-order chi connectivity index (χ1) is 14.3. The lowest BCUT2D eigenvalue weighted by Crippen LogP contribution is -2.45. The highest BCUT2D eigenvalue weighted by atomic mass is 16.6. The van der Waals surface area contributed by atoms with Gasteiger partial charge in [-0.1, -0.05) is 36.3 Å². The summed E-state index contributed by atoms with van der Waals surface area (Å²) >= 11 is 0. The first-order valence-corrected chi connectivity index (χ1v) is 9.49. The highest BCUT2D eigenvalue weighted by molar-refractivity contribution is 5.81. The van der Waals surface area contributed by atoms with Crippen molar-refractivity contribution in [3.05, 3.63) is 54.1 Å². The molecule has 1 amide bonds. The monoisotopic (exact) mass is 413 g/mol. The summed E-state index contributed by atoms with van der Waals surface area (Å²) in [7, 11) is 0. The van der Waals surface area contributed by atoms with Gasteiger partial charge in [-0.2, -0.15) is 0 Å². The standard InChI is InChI=1S/C22H27N3O5/c1-5-11-29-20(26)19(24-21(27)30-22(2,3)4)12-18-13-25(15-23-18)16-28-14-17-9-7-6-8-10-17/h1,6-10,13,15,19H,11-12,14,16H2,2-4H3,(H,24,27)/t19-/m0/s1. The number of nitrogens with one attached hydrogen (secondary N) is 1. The van der Waals surface area contributed by atoms with Crippen LogP contribution in [0.25, 0.3) is 0 Å². The third kappa shape index (κ3) is 8.37. The molecule has 0 saturated heterocycles. The molecule has 0 aliphatic carbocycles. The average molecular weight is 413 g/mol. The first kappa shape index (κ1) is 23.0. The number of imidazole rings is 1. The van der Waals surface area contributed by atoms with Crippen molar-refractivity contribution in [1.82, 2.24) is 14.9 Å². The van der Waals surface area contributed by atoms with Crippen LogP contribution >= 0.6 is 0 Å². The Bertz CT molecular complexity index is 865. The van der Waals surface area contributed by atoms with Crippen molar-refractivity contribution in [2.75, 3.05) is 6.61 Å². The second kappa shape index (κ2) is 11.0. The van der Waals surface area contributed by atoms with Crippen molar-refractivity contribution in [2.45, 2.75) is 52.2 Å². The van der Waals surface area contributed by atoms with Gasteiger partial charge in [-0.05, 0) is 26.3 Å². The number of amides is 1. The molecule has 1 aromatic heterocycles. The van der Waals surface area contributed by atoms with Crippen molar-refractivity contribution in [2.24, 2.45) is 0 Å². The number of alkyl carbamates (subject to hydrolysis) is 1. The Hall–Kier alpha value is -3.31. The van der Waals surface area contributed by atoms with E-state index in [2.05, 4.69) is 16.2 Å². The van der Waals surface area contributed by atoms with Crippen LogP contribution in [-0.4, -0.2) is 39.9 Å². The number of carbonyl (C=O) groups is 2. The second-order valence-electron chi connectivity index (χ2n) is 7.56. The molecular formula is C22H27N3O5. The summed E-state index contributed by atoms with van der Waals surface area (Å²) in [5.74, 6) is 1.57. The first-order valence-electron chi connectivity index (χ1n) is 9.49. The Morgan fingerprint density at radius 3 is 2.67 bits per heavy atom. The fourth-order valence-electron chi connectivity index (χ4n) is 2.49. The van der Waals surface area contributed by atoms with Gasteiger partial charge in [-0.25, -0.2) is 14.6 Å². The van der Waals surface area contributed by atoms with Crippen LogP contribution in [0.15, 0.2) is 42.9 Å². The average Bonchev–Trinajstić information content (AvgIpc) is 3.12. The third-order valence-corrected chi connectivity index (χ3v) is 3.73. The zero-order chi connectivity index (χ0) is 22.0. The minimum absolute atomic E-state index is 0.119. The Kier molecular flexibility index (Phi) is 8.44. The van der Waals surface area contributed by atoms with E-state index in [0.29, 0.717) is 19.0 Å². The van der Waals surface area contributed by atoms with E-state index < -0.39 is 23.7 Å². The van der Waals surface area contributed by atoms with Gasteiger partial charge in [0.05, 0.1) is 18.6 Å². The van der Waals surface area contributed by atoms with Crippen LogP contribution < -0.4 is 5.32 Å². The molecule has 1 heterocycles. The summed E-state index contributed by atoms with van der Waals surface area (Å²) in [6, 6.07) is 8.82. The number of esters is 1. The molecule has 8 heteroatoms. The van der Waals surface area contributed by atoms with Crippen molar-refractivity contribution in [3.63, 3.8) is 0 Å². The zero-order valence-corrected chi connectivity index (χ0v) is 17.5. The largest absolute Gasteiger partial charge is 0.451 e. The molecule has 0 unspecified atom stereocenters. The zero-order valence-electron chi connectivity index (χ0n) is 17.5. The molecule has 8 nitrogen and oxygen atoms in total. The summed E-state index contributed by atoms with van der Waals surface area (Å²) in [5.41, 5.74) is 0.947. The third-order valence-electron chi connectivity index (χ3n) is 3.73. The molecule has 1 atom stereocenters. The minimum Gasteiger partial charge on any atom is -0.451 e. The van der Waals surface area contributed by atoms with Crippen molar-refractivity contribution < 1.29 is 23.8 Å². The van der Waals surface area contributed by atoms with Crippen LogP contribution in [0.3, 0.4) is 0 Å². The number of carbonyl (C=O) groups excluding carboxylic acids is 2. The van der Waals surface area contributed by atoms with E-state index in [-0.39, 0.29) is 13.0 Å². The number of hydrogen-bond acceptors (Lipinski definition) is 6. The lowest BCUT2D eigenvalue weighted by atomic mass is 10.1. The van der Waals surface area contributed by atoms with Crippen molar-refractivity contribution in [1.29, 1.82) is 0 Å². The number of rotatable bonds is 9. The Balaban J connectivity index is 1.94. The van der Waals surface area contributed by atoms with Crippen LogP contribution in [0.1, 0.15) is 32.0 Å². The van der Waals surface area contributed by atoms with Gasteiger partial charge in [0.2, 0.25) is 0 Å². The summed E-state index contributed by atoms with van der Waals surface area (Å²) in [5, 5.41) is 2.52. The van der Waals surface area contributed by atoms with Gasteiger partial charge >= 0.3 is 12.1 Å². The van der Waals surface area contributed by atoms with Gasteiger partial charge in [-0.3, -0.25) is 0 Å². The summed E-state index contributed by atoms with van der Waals surface area (Å²) in [6.45, 7) is 5.77.